The molecule has 2 aromatic rings. The molecule has 2 aliphatic heterocycles. The van der Waals surface area contributed by atoms with E-state index in [0.717, 1.165) is 36.4 Å². The Hall–Kier alpha value is -1.20. The molecule has 19 heavy (non-hydrogen) atoms. The van der Waals surface area contributed by atoms with Gasteiger partial charge in [-0.05, 0) is 43.2 Å². The van der Waals surface area contributed by atoms with Gasteiger partial charge in [-0.2, -0.15) is 0 Å². The molecule has 5 heteroatoms. The SMILES string of the molecule is c1nc(N2CC[C@@H]3NCCC[C@@H]3C2)c2sccc2n1. The van der Waals surface area contributed by atoms with Crippen LogP contribution in [0.5, 0.6) is 0 Å². The maximum atomic E-state index is 4.55. The zero-order valence-corrected chi connectivity index (χ0v) is 11.7. The Morgan fingerprint density at radius 1 is 1.32 bits per heavy atom. The van der Waals surface area contributed by atoms with Gasteiger partial charge in [-0.1, -0.05) is 0 Å². The van der Waals surface area contributed by atoms with Crippen LogP contribution in [0.25, 0.3) is 10.2 Å². The fraction of sp³-hybridized carbons (Fsp3) is 0.571. The van der Waals surface area contributed by atoms with Gasteiger partial charge in [-0.25, -0.2) is 9.97 Å². The fourth-order valence-corrected chi connectivity index (χ4v) is 4.30. The molecule has 2 fully saturated rings. The highest BCUT2D eigenvalue weighted by Crippen LogP contribution is 2.32. The summed E-state index contributed by atoms with van der Waals surface area (Å²) in [6.07, 6.45) is 5.61. The third kappa shape index (κ3) is 2.01. The fourth-order valence-electron chi connectivity index (χ4n) is 3.44. The highest BCUT2D eigenvalue weighted by Gasteiger charge is 2.32. The lowest BCUT2D eigenvalue weighted by atomic mass is 9.85. The largest absolute Gasteiger partial charge is 0.355 e. The van der Waals surface area contributed by atoms with Crippen LogP contribution in [0.2, 0.25) is 0 Å². The normalized spacial score (nSPS) is 27.5. The zero-order valence-electron chi connectivity index (χ0n) is 10.9. The van der Waals surface area contributed by atoms with Crippen LogP contribution in [0.4, 0.5) is 5.82 Å². The molecule has 2 atom stereocenters. The van der Waals surface area contributed by atoms with Gasteiger partial charge in [-0.15, -0.1) is 11.3 Å². The number of anilines is 1. The Morgan fingerprint density at radius 2 is 2.32 bits per heavy atom. The number of piperidine rings is 2. The molecule has 0 amide bonds. The highest BCUT2D eigenvalue weighted by atomic mass is 32.1. The lowest BCUT2D eigenvalue weighted by Gasteiger charge is -2.42. The van der Waals surface area contributed by atoms with Crippen LogP contribution in [0.1, 0.15) is 19.3 Å². The molecule has 0 radical (unpaired) electrons. The predicted molar refractivity (Wildman–Crippen MR) is 78.8 cm³/mol. The number of rotatable bonds is 1. The van der Waals surface area contributed by atoms with E-state index in [2.05, 4.69) is 31.6 Å². The molecule has 0 aromatic carbocycles. The average molecular weight is 274 g/mol. The van der Waals surface area contributed by atoms with Crippen molar-refractivity contribution < 1.29 is 0 Å². The molecule has 1 N–H and O–H groups in total. The minimum Gasteiger partial charge on any atom is -0.355 e. The quantitative estimate of drug-likeness (QED) is 0.866. The molecule has 0 saturated carbocycles. The molecule has 4 nitrogen and oxygen atoms in total. The molecule has 2 saturated heterocycles. The Morgan fingerprint density at radius 3 is 3.32 bits per heavy atom. The number of fused-ring (bicyclic) bond motifs is 2. The maximum absolute atomic E-state index is 4.55. The summed E-state index contributed by atoms with van der Waals surface area (Å²) < 4.78 is 1.24. The highest BCUT2D eigenvalue weighted by molar-refractivity contribution is 7.17. The minimum absolute atomic E-state index is 0.727. The molecular weight excluding hydrogens is 256 g/mol. The lowest BCUT2D eigenvalue weighted by Crippen LogP contribution is -2.52. The minimum atomic E-state index is 0.727. The summed E-state index contributed by atoms with van der Waals surface area (Å²) in [5, 5.41) is 5.78. The lowest BCUT2D eigenvalue weighted by molar-refractivity contribution is 0.244. The van der Waals surface area contributed by atoms with Gasteiger partial charge in [0.05, 0.1) is 10.2 Å². The Balaban J connectivity index is 1.64. The summed E-state index contributed by atoms with van der Waals surface area (Å²) in [5.41, 5.74) is 1.08. The number of hydrogen-bond acceptors (Lipinski definition) is 5. The standard InChI is InChI=1S/C14H18N4S/c1-2-10-8-18(6-3-11(10)15-5-1)14-13-12(4-7-19-13)16-9-17-14/h4,7,9-11,15H,1-3,5-6,8H2/t10-,11+/m1/s1. The van der Waals surface area contributed by atoms with Crippen LogP contribution >= 0.6 is 11.3 Å². The molecule has 4 heterocycles. The average Bonchev–Trinajstić information content (AvgIpc) is 2.95. The molecule has 2 aromatic heterocycles. The van der Waals surface area contributed by atoms with Gasteiger partial charge in [-0.3, -0.25) is 0 Å². The molecular formula is C14H18N4S. The Kier molecular flexibility index (Phi) is 2.89. The van der Waals surface area contributed by atoms with E-state index in [1.165, 1.54) is 30.5 Å². The smallest absolute Gasteiger partial charge is 0.150 e. The van der Waals surface area contributed by atoms with Gasteiger partial charge in [0.15, 0.2) is 0 Å². The van der Waals surface area contributed by atoms with Crippen molar-refractivity contribution in [3.63, 3.8) is 0 Å². The molecule has 100 valence electrons. The maximum Gasteiger partial charge on any atom is 0.150 e. The van der Waals surface area contributed by atoms with E-state index in [4.69, 9.17) is 0 Å². The van der Waals surface area contributed by atoms with E-state index < -0.39 is 0 Å². The van der Waals surface area contributed by atoms with E-state index in [1.54, 1.807) is 17.7 Å². The molecule has 0 unspecified atom stereocenters. The topological polar surface area (TPSA) is 41.1 Å². The zero-order chi connectivity index (χ0) is 12.7. The van der Waals surface area contributed by atoms with Gasteiger partial charge in [0.25, 0.3) is 0 Å². The van der Waals surface area contributed by atoms with E-state index in [1.807, 2.05) is 0 Å². The number of thiophene rings is 1. The summed E-state index contributed by atoms with van der Waals surface area (Å²) in [5.74, 6) is 1.93. The molecule has 0 aliphatic carbocycles. The first-order valence-corrected chi connectivity index (χ1v) is 7.96. The monoisotopic (exact) mass is 274 g/mol. The number of nitrogens with zero attached hydrogens (tertiary/aromatic N) is 3. The molecule has 2 aliphatic rings. The molecule has 0 spiro atoms. The van der Waals surface area contributed by atoms with Gasteiger partial charge in [0.2, 0.25) is 0 Å². The van der Waals surface area contributed by atoms with Crippen LogP contribution in [0.3, 0.4) is 0 Å². The van der Waals surface area contributed by atoms with Gasteiger partial charge < -0.3 is 10.2 Å². The number of aromatic nitrogens is 2. The van der Waals surface area contributed by atoms with E-state index in [-0.39, 0.29) is 0 Å². The number of nitrogens with one attached hydrogen (secondary N) is 1. The Labute approximate surface area is 116 Å². The molecule has 0 bridgehead atoms. The summed E-state index contributed by atoms with van der Waals surface area (Å²) in [7, 11) is 0. The van der Waals surface area contributed by atoms with Crippen molar-refractivity contribution in [1.82, 2.24) is 15.3 Å². The van der Waals surface area contributed by atoms with Gasteiger partial charge in [0.1, 0.15) is 12.1 Å². The van der Waals surface area contributed by atoms with Crippen molar-refractivity contribution in [2.75, 3.05) is 24.5 Å². The van der Waals surface area contributed by atoms with Crippen molar-refractivity contribution in [2.45, 2.75) is 25.3 Å². The second kappa shape index (κ2) is 4.72. The van der Waals surface area contributed by atoms with Crippen LogP contribution in [-0.4, -0.2) is 35.6 Å². The van der Waals surface area contributed by atoms with Crippen LogP contribution in [-0.2, 0) is 0 Å². The van der Waals surface area contributed by atoms with Gasteiger partial charge >= 0.3 is 0 Å². The van der Waals surface area contributed by atoms with Crippen LogP contribution < -0.4 is 10.2 Å². The van der Waals surface area contributed by atoms with Gasteiger partial charge in [0, 0.05) is 19.1 Å². The molecule has 4 rings (SSSR count). The van der Waals surface area contributed by atoms with Crippen molar-refractivity contribution in [2.24, 2.45) is 5.92 Å². The van der Waals surface area contributed by atoms with Crippen molar-refractivity contribution in [3.8, 4) is 0 Å². The van der Waals surface area contributed by atoms with Crippen molar-refractivity contribution >= 4 is 27.4 Å². The van der Waals surface area contributed by atoms with E-state index >= 15 is 0 Å². The summed E-state index contributed by atoms with van der Waals surface area (Å²) in [6, 6.07) is 2.81. The predicted octanol–water partition coefficient (Wildman–Crippen LogP) is 2.27. The third-order valence-electron chi connectivity index (χ3n) is 4.42. The first-order chi connectivity index (χ1) is 9.42. The van der Waals surface area contributed by atoms with E-state index in [9.17, 15) is 0 Å². The third-order valence-corrected chi connectivity index (χ3v) is 5.32. The number of hydrogen-bond donors (Lipinski definition) is 1. The second-order valence-corrected chi connectivity index (χ2v) is 6.45. The van der Waals surface area contributed by atoms with Crippen LogP contribution in [0.15, 0.2) is 17.8 Å². The second-order valence-electron chi connectivity index (χ2n) is 5.53. The van der Waals surface area contributed by atoms with Crippen LogP contribution in [0, 0.1) is 5.92 Å². The summed E-state index contributed by atoms with van der Waals surface area (Å²) in [6.45, 7) is 3.45. The van der Waals surface area contributed by atoms with E-state index in [0.29, 0.717) is 0 Å². The van der Waals surface area contributed by atoms with Crippen molar-refractivity contribution in [3.05, 3.63) is 17.8 Å². The summed E-state index contributed by atoms with van der Waals surface area (Å²) in [4.78, 5) is 11.4. The first-order valence-electron chi connectivity index (χ1n) is 7.08. The van der Waals surface area contributed by atoms with Crippen molar-refractivity contribution in [1.29, 1.82) is 0 Å². The Bertz CT molecular complexity index is 582. The summed E-state index contributed by atoms with van der Waals surface area (Å²) >= 11 is 1.75. The first kappa shape index (κ1) is 11.6.